The summed E-state index contributed by atoms with van der Waals surface area (Å²) in [5, 5.41) is 10.6. The highest BCUT2D eigenvalue weighted by molar-refractivity contribution is 5.32. The Morgan fingerprint density at radius 1 is 1.14 bits per heavy atom. The first-order valence-corrected chi connectivity index (χ1v) is 7.15. The van der Waals surface area contributed by atoms with Crippen LogP contribution in [0.5, 0.6) is 5.75 Å². The Morgan fingerprint density at radius 2 is 1.95 bits per heavy atom. The third kappa shape index (κ3) is 3.02. The SMILES string of the molecule is COc1cccc([C@@H](O)c2nccn2Cc2ccccc2)c1. The van der Waals surface area contributed by atoms with E-state index in [2.05, 4.69) is 17.1 Å². The predicted octanol–water partition coefficient (Wildman–Crippen LogP) is 3.02. The highest BCUT2D eigenvalue weighted by Crippen LogP contribution is 2.24. The van der Waals surface area contributed by atoms with Gasteiger partial charge in [-0.3, -0.25) is 0 Å². The van der Waals surface area contributed by atoms with Gasteiger partial charge in [-0.05, 0) is 23.3 Å². The van der Waals surface area contributed by atoms with Crippen LogP contribution < -0.4 is 4.74 Å². The van der Waals surface area contributed by atoms with Crippen LogP contribution in [-0.4, -0.2) is 21.8 Å². The molecular formula is C18H18N2O2. The van der Waals surface area contributed by atoms with E-state index in [0.717, 1.165) is 11.3 Å². The number of nitrogens with zero attached hydrogens (tertiary/aromatic N) is 2. The lowest BCUT2D eigenvalue weighted by molar-refractivity contribution is 0.205. The standard InChI is InChI=1S/C18H18N2O2/c1-22-16-9-5-8-15(12-16)17(21)18-19-10-11-20(18)13-14-6-3-2-4-7-14/h2-12,17,21H,13H2,1H3/t17-/m1/s1. The molecule has 3 rings (SSSR count). The second kappa shape index (κ2) is 6.45. The molecule has 1 heterocycles. The number of hydrogen-bond donors (Lipinski definition) is 1. The van der Waals surface area contributed by atoms with Gasteiger partial charge in [0.25, 0.3) is 0 Å². The van der Waals surface area contributed by atoms with Crippen LogP contribution in [0.1, 0.15) is 23.1 Å². The van der Waals surface area contributed by atoms with Crippen LogP contribution in [0, 0.1) is 0 Å². The first-order chi connectivity index (χ1) is 10.8. The lowest BCUT2D eigenvalue weighted by Crippen LogP contribution is -2.10. The van der Waals surface area contributed by atoms with Gasteiger partial charge < -0.3 is 14.4 Å². The molecule has 4 heteroatoms. The molecule has 0 saturated carbocycles. The molecule has 0 aliphatic carbocycles. The molecular weight excluding hydrogens is 276 g/mol. The average molecular weight is 294 g/mol. The van der Waals surface area contributed by atoms with E-state index in [1.807, 2.05) is 53.2 Å². The van der Waals surface area contributed by atoms with Gasteiger partial charge in [-0.1, -0.05) is 42.5 Å². The van der Waals surface area contributed by atoms with E-state index in [4.69, 9.17) is 4.74 Å². The van der Waals surface area contributed by atoms with Crippen LogP contribution in [0.25, 0.3) is 0 Å². The summed E-state index contributed by atoms with van der Waals surface area (Å²) in [6.45, 7) is 0.678. The fourth-order valence-electron chi connectivity index (χ4n) is 2.44. The maximum absolute atomic E-state index is 10.6. The number of aromatic nitrogens is 2. The maximum atomic E-state index is 10.6. The Balaban J connectivity index is 1.87. The molecule has 0 fully saturated rings. The number of methoxy groups -OCH3 is 1. The summed E-state index contributed by atoms with van der Waals surface area (Å²) in [5.74, 6) is 1.34. The van der Waals surface area contributed by atoms with Crippen LogP contribution in [0.3, 0.4) is 0 Å². The maximum Gasteiger partial charge on any atom is 0.142 e. The molecule has 0 aliphatic heterocycles. The van der Waals surface area contributed by atoms with Crippen molar-refractivity contribution in [1.82, 2.24) is 9.55 Å². The third-order valence-electron chi connectivity index (χ3n) is 3.60. The Kier molecular flexibility index (Phi) is 4.21. The molecule has 3 aromatic rings. The highest BCUT2D eigenvalue weighted by Gasteiger charge is 2.16. The van der Waals surface area contributed by atoms with Gasteiger partial charge in [-0.2, -0.15) is 0 Å². The zero-order valence-electron chi connectivity index (χ0n) is 12.4. The highest BCUT2D eigenvalue weighted by atomic mass is 16.5. The summed E-state index contributed by atoms with van der Waals surface area (Å²) < 4.78 is 7.17. The second-order valence-corrected chi connectivity index (χ2v) is 5.08. The van der Waals surface area contributed by atoms with Crippen molar-refractivity contribution >= 4 is 0 Å². The third-order valence-corrected chi connectivity index (χ3v) is 3.60. The molecule has 0 unspecified atom stereocenters. The molecule has 0 spiro atoms. The fraction of sp³-hybridized carbons (Fsp3) is 0.167. The topological polar surface area (TPSA) is 47.3 Å². The monoisotopic (exact) mass is 294 g/mol. The number of aliphatic hydroxyl groups is 1. The second-order valence-electron chi connectivity index (χ2n) is 5.08. The molecule has 0 amide bonds. The van der Waals surface area contributed by atoms with Gasteiger partial charge in [0, 0.05) is 18.9 Å². The molecule has 112 valence electrons. The van der Waals surface area contributed by atoms with Crippen LogP contribution in [0.2, 0.25) is 0 Å². The van der Waals surface area contributed by atoms with Gasteiger partial charge in [0.1, 0.15) is 17.7 Å². The minimum Gasteiger partial charge on any atom is -0.497 e. The number of hydrogen-bond acceptors (Lipinski definition) is 3. The number of rotatable bonds is 5. The summed E-state index contributed by atoms with van der Waals surface area (Å²) in [6, 6.07) is 17.5. The quantitative estimate of drug-likeness (QED) is 0.787. The van der Waals surface area contributed by atoms with E-state index in [1.165, 1.54) is 5.56 Å². The molecule has 0 aliphatic rings. The predicted molar refractivity (Wildman–Crippen MR) is 84.8 cm³/mol. The van der Waals surface area contributed by atoms with Gasteiger partial charge >= 0.3 is 0 Å². The number of imidazole rings is 1. The Hall–Kier alpha value is -2.59. The first-order valence-electron chi connectivity index (χ1n) is 7.15. The molecule has 0 bridgehead atoms. The molecule has 1 aromatic heterocycles. The number of aliphatic hydroxyl groups excluding tert-OH is 1. The van der Waals surface area contributed by atoms with E-state index in [0.29, 0.717) is 12.4 Å². The van der Waals surface area contributed by atoms with Crippen LogP contribution in [0.15, 0.2) is 67.0 Å². The molecule has 0 saturated heterocycles. The van der Waals surface area contributed by atoms with Crippen LogP contribution in [-0.2, 0) is 6.54 Å². The van der Waals surface area contributed by atoms with Gasteiger partial charge in [0.05, 0.1) is 7.11 Å². The van der Waals surface area contributed by atoms with E-state index >= 15 is 0 Å². The summed E-state index contributed by atoms with van der Waals surface area (Å²) in [6.07, 6.45) is 2.81. The number of ether oxygens (including phenoxy) is 1. The van der Waals surface area contributed by atoms with Crippen molar-refractivity contribution in [1.29, 1.82) is 0 Å². The van der Waals surface area contributed by atoms with Crippen molar-refractivity contribution < 1.29 is 9.84 Å². The van der Waals surface area contributed by atoms with Crippen molar-refractivity contribution in [2.24, 2.45) is 0 Å². The molecule has 2 aromatic carbocycles. The van der Waals surface area contributed by atoms with E-state index in [9.17, 15) is 5.11 Å². The van der Waals surface area contributed by atoms with Crippen molar-refractivity contribution in [2.75, 3.05) is 7.11 Å². The fourth-order valence-corrected chi connectivity index (χ4v) is 2.44. The Morgan fingerprint density at radius 3 is 2.73 bits per heavy atom. The molecule has 1 atom stereocenters. The normalized spacial score (nSPS) is 12.1. The summed E-state index contributed by atoms with van der Waals surface area (Å²) >= 11 is 0. The van der Waals surface area contributed by atoms with E-state index in [-0.39, 0.29) is 0 Å². The van der Waals surface area contributed by atoms with Crippen molar-refractivity contribution in [3.05, 3.63) is 83.9 Å². The lowest BCUT2D eigenvalue weighted by Gasteiger charge is -2.14. The van der Waals surface area contributed by atoms with Gasteiger partial charge in [0.15, 0.2) is 0 Å². The van der Waals surface area contributed by atoms with Gasteiger partial charge in [-0.25, -0.2) is 4.98 Å². The first kappa shape index (κ1) is 14.4. The minimum absolute atomic E-state index is 0.622. The number of benzene rings is 2. The Bertz CT molecular complexity index is 738. The lowest BCUT2D eigenvalue weighted by atomic mass is 10.1. The van der Waals surface area contributed by atoms with Crippen molar-refractivity contribution in [3.8, 4) is 5.75 Å². The molecule has 4 nitrogen and oxygen atoms in total. The van der Waals surface area contributed by atoms with Crippen LogP contribution >= 0.6 is 0 Å². The Labute approximate surface area is 129 Å². The van der Waals surface area contributed by atoms with Gasteiger partial charge in [0.2, 0.25) is 0 Å². The zero-order chi connectivity index (χ0) is 15.4. The van der Waals surface area contributed by atoms with Crippen molar-refractivity contribution in [3.63, 3.8) is 0 Å². The van der Waals surface area contributed by atoms with Crippen molar-refractivity contribution in [2.45, 2.75) is 12.6 Å². The summed E-state index contributed by atoms with van der Waals surface area (Å²) in [5.41, 5.74) is 1.93. The zero-order valence-corrected chi connectivity index (χ0v) is 12.4. The smallest absolute Gasteiger partial charge is 0.142 e. The van der Waals surface area contributed by atoms with E-state index in [1.54, 1.807) is 13.3 Å². The largest absolute Gasteiger partial charge is 0.497 e. The average Bonchev–Trinajstić information content (AvgIpc) is 3.03. The summed E-state index contributed by atoms with van der Waals surface area (Å²) in [4.78, 5) is 4.32. The minimum atomic E-state index is -0.784. The van der Waals surface area contributed by atoms with Gasteiger partial charge in [-0.15, -0.1) is 0 Å². The molecule has 22 heavy (non-hydrogen) atoms. The molecule has 1 N–H and O–H groups in total. The summed E-state index contributed by atoms with van der Waals surface area (Å²) in [7, 11) is 1.61. The van der Waals surface area contributed by atoms with Crippen LogP contribution in [0.4, 0.5) is 0 Å². The van der Waals surface area contributed by atoms with E-state index < -0.39 is 6.10 Å². The molecule has 0 radical (unpaired) electrons.